The molecule has 2 aliphatic rings. The number of piperidine rings is 1. The van der Waals surface area contributed by atoms with Crippen LogP contribution in [0.2, 0.25) is 0 Å². The van der Waals surface area contributed by atoms with Gasteiger partial charge >= 0.3 is 0 Å². The maximum Gasteiger partial charge on any atom is 0.271 e. The number of aromatic nitrogens is 1. The van der Waals surface area contributed by atoms with Gasteiger partial charge in [-0.15, -0.1) is 11.3 Å². The molecule has 3 heterocycles. The minimum atomic E-state index is -0.0226. The van der Waals surface area contributed by atoms with E-state index in [1.54, 1.807) is 17.5 Å². The van der Waals surface area contributed by atoms with Crippen molar-refractivity contribution >= 4 is 27.3 Å². The van der Waals surface area contributed by atoms with Gasteiger partial charge in [-0.2, -0.15) is 0 Å². The Morgan fingerprint density at radius 1 is 1.42 bits per heavy atom. The molecule has 3 atom stereocenters. The topological polar surface area (TPSA) is 54.0 Å². The van der Waals surface area contributed by atoms with Gasteiger partial charge in [-0.05, 0) is 41.7 Å². The van der Waals surface area contributed by atoms with Crippen molar-refractivity contribution in [2.75, 3.05) is 6.54 Å². The molecule has 1 amide bonds. The summed E-state index contributed by atoms with van der Waals surface area (Å²) in [5.74, 6) is 0.571. The lowest BCUT2D eigenvalue weighted by Gasteiger charge is -2.23. The summed E-state index contributed by atoms with van der Waals surface area (Å²) in [7, 11) is 0. The van der Waals surface area contributed by atoms with Gasteiger partial charge in [0.2, 0.25) is 0 Å². The summed E-state index contributed by atoms with van der Waals surface area (Å²) in [6, 6.07) is 4.89. The summed E-state index contributed by atoms with van der Waals surface area (Å²) in [4.78, 5) is 16.7. The van der Waals surface area contributed by atoms with Crippen LogP contribution in [-0.4, -0.2) is 29.5 Å². The lowest BCUT2D eigenvalue weighted by Crippen LogP contribution is -2.44. The van der Waals surface area contributed by atoms with Gasteiger partial charge in [0.15, 0.2) is 0 Å². The molecule has 1 saturated carbocycles. The highest BCUT2D eigenvalue weighted by Gasteiger charge is 2.40. The number of thiophene rings is 1. The van der Waals surface area contributed by atoms with Crippen LogP contribution in [0, 0.1) is 5.92 Å². The van der Waals surface area contributed by atoms with E-state index in [4.69, 9.17) is 0 Å². The van der Waals surface area contributed by atoms with Crippen molar-refractivity contribution in [3.8, 4) is 0 Å². The molecule has 19 heavy (non-hydrogen) atoms. The number of fused-ring (bicyclic) bond motifs is 3. The molecule has 0 radical (unpaired) electrons. The molecule has 2 aromatic rings. The van der Waals surface area contributed by atoms with Gasteiger partial charge in [-0.1, -0.05) is 0 Å². The molecule has 1 saturated heterocycles. The van der Waals surface area contributed by atoms with Gasteiger partial charge in [0, 0.05) is 24.8 Å². The Morgan fingerprint density at radius 3 is 3.16 bits per heavy atom. The van der Waals surface area contributed by atoms with Crippen LogP contribution in [0.4, 0.5) is 0 Å². The molecule has 1 aliphatic carbocycles. The number of pyridine rings is 1. The van der Waals surface area contributed by atoms with E-state index in [0.717, 1.165) is 23.1 Å². The van der Waals surface area contributed by atoms with Gasteiger partial charge in [0.05, 0.1) is 4.70 Å². The monoisotopic (exact) mass is 273 g/mol. The molecule has 2 N–H and O–H groups in total. The quantitative estimate of drug-likeness (QED) is 0.877. The Balaban J connectivity index is 1.59. The molecule has 4 nitrogen and oxygen atoms in total. The zero-order valence-corrected chi connectivity index (χ0v) is 11.2. The lowest BCUT2D eigenvalue weighted by atomic mass is 10.0. The summed E-state index contributed by atoms with van der Waals surface area (Å²) >= 11 is 1.58. The SMILES string of the molecule is O=C(NC1CC2CC1CN2)c1nccc2ccsc12. The molecule has 5 heteroatoms. The lowest BCUT2D eigenvalue weighted by molar-refractivity contribution is 0.0922. The fourth-order valence-electron chi connectivity index (χ4n) is 3.30. The first kappa shape index (κ1) is 11.4. The highest BCUT2D eigenvalue weighted by molar-refractivity contribution is 7.17. The standard InChI is InChI=1S/C14H15N3OS/c18-14(17-11-6-10-5-9(11)7-16-10)12-13-8(1-3-15-12)2-4-19-13/h1-4,9-11,16H,5-7H2,(H,17,18). The summed E-state index contributed by atoms with van der Waals surface area (Å²) in [5, 5.41) is 9.73. The molecule has 2 bridgehead atoms. The van der Waals surface area contributed by atoms with Gasteiger partial charge in [0.1, 0.15) is 5.69 Å². The van der Waals surface area contributed by atoms with Gasteiger partial charge in [0.25, 0.3) is 5.91 Å². The number of hydrogen-bond acceptors (Lipinski definition) is 4. The summed E-state index contributed by atoms with van der Waals surface area (Å²) in [6.07, 6.45) is 3.96. The van der Waals surface area contributed by atoms with Crippen LogP contribution in [-0.2, 0) is 0 Å². The fourth-order valence-corrected chi connectivity index (χ4v) is 4.18. The molecular weight excluding hydrogens is 258 g/mol. The Morgan fingerprint density at radius 2 is 2.37 bits per heavy atom. The molecule has 4 rings (SSSR count). The predicted molar refractivity (Wildman–Crippen MR) is 75.4 cm³/mol. The number of hydrogen-bond donors (Lipinski definition) is 2. The van der Waals surface area contributed by atoms with Crippen molar-refractivity contribution < 1.29 is 4.79 Å². The van der Waals surface area contributed by atoms with E-state index >= 15 is 0 Å². The van der Waals surface area contributed by atoms with Crippen LogP contribution >= 0.6 is 11.3 Å². The van der Waals surface area contributed by atoms with Gasteiger partial charge in [-0.25, -0.2) is 4.98 Å². The van der Waals surface area contributed by atoms with Crippen molar-refractivity contribution in [3.63, 3.8) is 0 Å². The van der Waals surface area contributed by atoms with Gasteiger partial charge < -0.3 is 10.6 Å². The van der Waals surface area contributed by atoms with E-state index in [-0.39, 0.29) is 5.91 Å². The molecule has 0 spiro atoms. The highest BCUT2D eigenvalue weighted by Crippen LogP contribution is 2.31. The van der Waals surface area contributed by atoms with Gasteiger partial charge in [-0.3, -0.25) is 4.79 Å². The Kier molecular flexibility index (Phi) is 2.56. The first-order chi connectivity index (χ1) is 9.31. The van der Waals surface area contributed by atoms with E-state index in [1.165, 1.54) is 6.42 Å². The zero-order valence-electron chi connectivity index (χ0n) is 10.4. The fraction of sp³-hybridized carbons (Fsp3) is 0.429. The van der Waals surface area contributed by atoms with Crippen LogP contribution in [0.5, 0.6) is 0 Å². The second-order valence-corrected chi connectivity index (χ2v) is 6.33. The molecular formula is C14H15N3OS. The summed E-state index contributed by atoms with van der Waals surface area (Å²) in [6.45, 7) is 1.03. The second-order valence-electron chi connectivity index (χ2n) is 5.42. The highest BCUT2D eigenvalue weighted by atomic mass is 32.1. The van der Waals surface area contributed by atoms with E-state index < -0.39 is 0 Å². The second kappa shape index (κ2) is 4.28. The van der Waals surface area contributed by atoms with Crippen LogP contribution in [0.15, 0.2) is 23.7 Å². The van der Waals surface area contributed by atoms with Crippen molar-refractivity contribution in [3.05, 3.63) is 29.4 Å². The molecule has 98 valence electrons. The first-order valence-electron chi connectivity index (χ1n) is 6.68. The molecule has 3 unspecified atom stereocenters. The molecule has 2 fully saturated rings. The number of amides is 1. The molecule has 0 aromatic carbocycles. The maximum absolute atomic E-state index is 12.4. The normalized spacial score (nSPS) is 28.9. The van der Waals surface area contributed by atoms with E-state index in [2.05, 4.69) is 15.6 Å². The Bertz CT molecular complexity index is 638. The summed E-state index contributed by atoms with van der Waals surface area (Å²) < 4.78 is 0.987. The van der Waals surface area contributed by atoms with Crippen molar-refractivity contribution in [1.29, 1.82) is 0 Å². The predicted octanol–water partition coefficient (Wildman–Crippen LogP) is 1.78. The van der Waals surface area contributed by atoms with Crippen LogP contribution in [0.3, 0.4) is 0 Å². The zero-order chi connectivity index (χ0) is 12.8. The Hall–Kier alpha value is -1.46. The smallest absolute Gasteiger partial charge is 0.271 e. The number of carbonyl (C=O) groups is 1. The number of rotatable bonds is 2. The van der Waals surface area contributed by atoms with Crippen LogP contribution < -0.4 is 10.6 Å². The average Bonchev–Trinajstić information content (AvgIpc) is 3.13. The van der Waals surface area contributed by atoms with E-state index in [9.17, 15) is 4.79 Å². The third kappa shape index (κ3) is 1.84. The van der Waals surface area contributed by atoms with Crippen LogP contribution in [0.1, 0.15) is 23.3 Å². The van der Waals surface area contributed by atoms with E-state index in [0.29, 0.717) is 23.7 Å². The average molecular weight is 273 g/mol. The minimum absolute atomic E-state index is 0.0226. The third-order valence-electron chi connectivity index (χ3n) is 4.26. The Labute approximate surface area is 115 Å². The van der Waals surface area contributed by atoms with Crippen molar-refractivity contribution in [2.24, 2.45) is 5.92 Å². The molecule has 1 aliphatic heterocycles. The van der Waals surface area contributed by atoms with Crippen molar-refractivity contribution in [2.45, 2.75) is 24.9 Å². The van der Waals surface area contributed by atoms with Crippen molar-refractivity contribution in [1.82, 2.24) is 15.6 Å². The van der Waals surface area contributed by atoms with E-state index in [1.807, 2.05) is 17.5 Å². The number of nitrogens with one attached hydrogen (secondary N) is 2. The first-order valence-corrected chi connectivity index (χ1v) is 7.55. The number of nitrogens with zero attached hydrogens (tertiary/aromatic N) is 1. The minimum Gasteiger partial charge on any atom is -0.348 e. The maximum atomic E-state index is 12.4. The van der Waals surface area contributed by atoms with Crippen LogP contribution in [0.25, 0.3) is 10.1 Å². The molecule has 2 aromatic heterocycles. The largest absolute Gasteiger partial charge is 0.348 e. The summed E-state index contributed by atoms with van der Waals surface area (Å²) in [5.41, 5.74) is 0.572. The third-order valence-corrected chi connectivity index (χ3v) is 5.20. The number of carbonyl (C=O) groups excluding carboxylic acids is 1.